The van der Waals surface area contributed by atoms with Crippen molar-refractivity contribution >= 4 is 20.9 Å². The monoisotopic (exact) mass is 191 g/mol. The zero-order valence-corrected chi connectivity index (χ0v) is 10.2. The first-order valence-corrected chi connectivity index (χ1v) is 5.29. The Bertz CT molecular complexity index is 208. The first kappa shape index (κ1) is 11.9. The molecule has 0 aromatic rings. The second-order valence-corrected chi connectivity index (χ2v) is 4.20. The van der Waals surface area contributed by atoms with Crippen molar-refractivity contribution in [2.24, 2.45) is 0 Å². The standard InChI is InChI=1S/C8H20B3N3/c1-7-8-11-13(5)9(2)12(4)10(3)14(11)6/h7-8H,1-6H3. The van der Waals surface area contributed by atoms with Gasteiger partial charge in [0.2, 0.25) is 0 Å². The van der Waals surface area contributed by atoms with Gasteiger partial charge in [-0.1, -0.05) is 25.7 Å². The third kappa shape index (κ3) is 1.92. The van der Waals surface area contributed by atoms with E-state index in [1.807, 2.05) is 0 Å². The predicted octanol–water partition coefficient (Wildman–Crippen LogP) is 0.635. The lowest BCUT2D eigenvalue weighted by atomic mass is 9.45. The van der Waals surface area contributed by atoms with Crippen LogP contribution in [0.2, 0.25) is 13.6 Å². The molecule has 0 radical (unpaired) electrons. The fraction of sp³-hybridized carbons (Fsp3) is 0.750. The maximum absolute atomic E-state index is 2.38. The Labute approximate surface area is 89.5 Å². The summed E-state index contributed by atoms with van der Waals surface area (Å²) in [7, 11) is 6.52. The third-order valence-electron chi connectivity index (χ3n) is 3.56. The van der Waals surface area contributed by atoms with Crippen molar-refractivity contribution in [2.75, 3.05) is 21.1 Å². The van der Waals surface area contributed by atoms with Gasteiger partial charge >= 0.3 is 6.98 Å². The molecule has 1 aliphatic rings. The second kappa shape index (κ2) is 4.56. The van der Waals surface area contributed by atoms with Crippen LogP contribution in [0.4, 0.5) is 0 Å². The van der Waals surface area contributed by atoms with Crippen LogP contribution >= 0.6 is 0 Å². The van der Waals surface area contributed by atoms with Crippen LogP contribution in [0.15, 0.2) is 12.1 Å². The smallest absolute Gasteiger partial charge is 0.317 e. The largest absolute Gasteiger partial charge is 0.360 e. The van der Waals surface area contributed by atoms with Gasteiger partial charge in [0.15, 0.2) is 0 Å². The van der Waals surface area contributed by atoms with Crippen molar-refractivity contribution in [3.63, 3.8) is 0 Å². The summed E-state index contributed by atoms with van der Waals surface area (Å²) in [4.78, 5) is 0. The van der Waals surface area contributed by atoms with Crippen molar-refractivity contribution in [3.05, 3.63) is 12.1 Å². The van der Waals surface area contributed by atoms with E-state index in [1.54, 1.807) is 0 Å². The van der Waals surface area contributed by atoms with Crippen LogP contribution in [0.5, 0.6) is 0 Å². The van der Waals surface area contributed by atoms with Crippen LogP contribution in [0.3, 0.4) is 0 Å². The predicted molar refractivity (Wildman–Crippen MR) is 67.1 cm³/mol. The van der Waals surface area contributed by atoms with Crippen LogP contribution in [-0.2, 0) is 0 Å². The molecule has 0 bridgehead atoms. The van der Waals surface area contributed by atoms with Gasteiger partial charge in [0, 0.05) is 0 Å². The lowest BCUT2D eigenvalue weighted by Gasteiger charge is -2.47. The molecule has 0 aromatic carbocycles. The highest BCUT2D eigenvalue weighted by Gasteiger charge is 2.42. The molecule has 0 unspecified atom stereocenters. The summed E-state index contributed by atoms with van der Waals surface area (Å²) in [5.74, 6) is 2.25. The summed E-state index contributed by atoms with van der Waals surface area (Å²) in [5, 5.41) is 0. The number of hydrogen-bond donors (Lipinski definition) is 0. The van der Waals surface area contributed by atoms with Crippen LogP contribution < -0.4 is 0 Å². The van der Waals surface area contributed by atoms with Crippen molar-refractivity contribution in [1.29, 1.82) is 0 Å². The quantitative estimate of drug-likeness (QED) is 0.562. The van der Waals surface area contributed by atoms with E-state index in [9.17, 15) is 0 Å². The highest BCUT2D eigenvalue weighted by molar-refractivity contribution is 6.86. The molecule has 0 atom stereocenters. The second-order valence-electron chi connectivity index (χ2n) is 4.20. The number of allylic oxidation sites excluding steroid dienone is 1. The molecule has 6 heteroatoms. The fourth-order valence-corrected chi connectivity index (χ4v) is 2.06. The first-order chi connectivity index (χ1) is 6.50. The molecule has 0 amide bonds. The van der Waals surface area contributed by atoms with Gasteiger partial charge < -0.3 is 14.2 Å². The van der Waals surface area contributed by atoms with Crippen molar-refractivity contribution in [3.8, 4) is 0 Å². The van der Waals surface area contributed by atoms with Crippen molar-refractivity contribution in [2.45, 2.75) is 20.6 Å². The molecular formula is C8H20B3N3. The lowest BCUT2D eigenvalue weighted by molar-refractivity contribution is 0.549. The molecule has 76 valence electrons. The van der Waals surface area contributed by atoms with Crippen molar-refractivity contribution in [1.82, 2.24) is 14.2 Å². The molecule has 0 aliphatic carbocycles. The molecule has 0 aromatic heterocycles. The van der Waals surface area contributed by atoms with Crippen LogP contribution in [0.1, 0.15) is 6.92 Å². The minimum atomic E-state index is 0.418. The lowest BCUT2D eigenvalue weighted by Crippen LogP contribution is -2.72. The summed E-state index contributed by atoms with van der Waals surface area (Å²) >= 11 is 0. The molecule has 14 heavy (non-hydrogen) atoms. The maximum Gasteiger partial charge on any atom is 0.317 e. The molecule has 0 N–H and O–H groups in total. The zero-order chi connectivity index (χ0) is 10.9. The van der Waals surface area contributed by atoms with E-state index in [1.165, 1.54) is 0 Å². The molecule has 1 fully saturated rings. The molecule has 3 nitrogen and oxygen atoms in total. The van der Waals surface area contributed by atoms with E-state index in [4.69, 9.17) is 0 Å². The maximum atomic E-state index is 2.38. The summed E-state index contributed by atoms with van der Waals surface area (Å²) in [6.45, 7) is 7.97. The first-order valence-electron chi connectivity index (χ1n) is 5.29. The van der Waals surface area contributed by atoms with E-state index >= 15 is 0 Å². The third-order valence-corrected chi connectivity index (χ3v) is 3.56. The average Bonchev–Trinajstić information content (AvgIpc) is 2.19. The summed E-state index contributed by atoms with van der Waals surface area (Å²) in [6.07, 6.45) is 2.13. The highest BCUT2D eigenvalue weighted by Crippen LogP contribution is 2.15. The van der Waals surface area contributed by atoms with Gasteiger partial charge in [-0.05, 0) is 28.1 Å². The van der Waals surface area contributed by atoms with Gasteiger partial charge in [0.25, 0.3) is 14.0 Å². The van der Waals surface area contributed by atoms with Gasteiger partial charge in [-0.3, -0.25) is 0 Å². The summed E-state index contributed by atoms with van der Waals surface area (Å²) < 4.78 is 7.12. The zero-order valence-electron chi connectivity index (χ0n) is 10.2. The van der Waals surface area contributed by atoms with Crippen molar-refractivity contribution < 1.29 is 0 Å². The molecule has 1 saturated heterocycles. The number of nitrogens with zero attached hydrogens (tertiary/aromatic N) is 3. The normalized spacial score (nSPS) is 22.9. The van der Waals surface area contributed by atoms with E-state index < -0.39 is 0 Å². The van der Waals surface area contributed by atoms with Gasteiger partial charge in [-0.2, -0.15) is 0 Å². The molecule has 0 spiro atoms. The van der Waals surface area contributed by atoms with E-state index in [-0.39, 0.29) is 0 Å². The van der Waals surface area contributed by atoms with E-state index in [0.29, 0.717) is 20.9 Å². The van der Waals surface area contributed by atoms with Crippen LogP contribution in [-0.4, -0.2) is 56.3 Å². The topological polar surface area (TPSA) is 9.72 Å². The van der Waals surface area contributed by atoms with E-state index in [2.05, 4.69) is 67.9 Å². The Hall–Kier alpha value is -0.185. The number of hydrogen-bond acceptors (Lipinski definition) is 3. The molecule has 1 aliphatic heterocycles. The Morgan fingerprint density at radius 2 is 1.29 bits per heavy atom. The molecule has 1 rings (SSSR count). The van der Waals surface area contributed by atoms with Crippen LogP contribution in [0.25, 0.3) is 0 Å². The minimum Gasteiger partial charge on any atom is -0.360 e. The Balaban J connectivity index is 2.86. The number of rotatable bonds is 1. The average molecular weight is 191 g/mol. The van der Waals surface area contributed by atoms with Gasteiger partial charge in [0.1, 0.15) is 0 Å². The molecule has 0 saturated carbocycles. The van der Waals surface area contributed by atoms with E-state index in [0.717, 1.165) is 0 Å². The Morgan fingerprint density at radius 3 is 1.64 bits per heavy atom. The van der Waals surface area contributed by atoms with Crippen LogP contribution in [0, 0.1) is 0 Å². The van der Waals surface area contributed by atoms with Gasteiger partial charge in [-0.15, -0.1) is 0 Å². The SMILES string of the molecule is CC=CB1N(C)B(C)N(C)B(C)N1C. The minimum absolute atomic E-state index is 0.418. The fourth-order valence-electron chi connectivity index (χ4n) is 2.06. The molecular weight excluding hydrogens is 171 g/mol. The Kier molecular flexibility index (Phi) is 3.87. The van der Waals surface area contributed by atoms with Gasteiger partial charge in [0.05, 0.1) is 0 Å². The summed E-state index contributed by atoms with van der Waals surface area (Å²) in [6, 6.07) is 0. The van der Waals surface area contributed by atoms with Gasteiger partial charge in [-0.25, -0.2) is 0 Å². The molecule has 1 heterocycles. The highest BCUT2D eigenvalue weighted by atomic mass is 15.3. The summed E-state index contributed by atoms with van der Waals surface area (Å²) in [5.41, 5.74) is 0. The Morgan fingerprint density at radius 1 is 0.857 bits per heavy atom.